The van der Waals surface area contributed by atoms with Gasteiger partial charge in [-0.2, -0.15) is 5.10 Å². The second-order valence-electron chi connectivity index (χ2n) is 5.93. The number of aryl methyl sites for hydroxylation is 3. The number of hydrogen-bond acceptors (Lipinski definition) is 5. The lowest BCUT2D eigenvalue weighted by Crippen LogP contribution is -2.48. The van der Waals surface area contributed by atoms with Crippen LogP contribution in [0.3, 0.4) is 0 Å². The number of piperazine rings is 1. The smallest absolute Gasteiger partial charge is 0.274 e. The lowest BCUT2D eigenvalue weighted by molar-refractivity contribution is 0.0621. The van der Waals surface area contributed by atoms with Crippen molar-refractivity contribution in [2.24, 2.45) is 0 Å². The summed E-state index contributed by atoms with van der Waals surface area (Å²) in [7, 11) is 0. The molecule has 7 heteroatoms. The van der Waals surface area contributed by atoms with Crippen molar-refractivity contribution < 1.29 is 9.32 Å². The van der Waals surface area contributed by atoms with Gasteiger partial charge < -0.3 is 9.42 Å². The fraction of sp³-hybridized carbons (Fsp3) is 0.562. The Bertz CT molecular complexity index is 663. The van der Waals surface area contributed by atoms with Crippen molar-refractivity contribution in [3.05, 3.63) is 35.0 Å². The van der Waals surface area contributed by atoms with Gasteiger partial charge in [0.1, 0.15) is 11.5 Å². The Morgan fingerprint density at radius 3 is 2.57 bits per heavy atom. The first kappa shape index (κ1) is 15.7. The summed E-state index contributed by atoms with van der Waals surface area (Å²) in [5.74, 6) is 0.903. The normalized spacial score (nSPS) is 16.0. The van der Waals surface area contributed by atoms with Crippen LogP contribution in [0.25, 0.3) is 0 Å². The highest BCUT2D eigenvalue weighted by Crippen LogP contribution is 2.16. The van der Waals surface area contributed by atoms with Crippen LogP contribution >= 0.6 is 0 Å². The van der Waals surface area contributed by atoms with Gasteiger partial charge in [0, 0.05) is 51.0 Å². The highest BCUT2D eigenvalue weighted by Gasteiger charge is 2.24. The molecule has 1 aliphatic heterocycles. The second-order valence-corrected chi connectivity index (χ2v) is 5.93. The molecule has 0 N–H and O–H groups in total. The summed E-state index contributed by atoms with van der Waals surface area (Å²) in [5, 5.41) is 8.30. The van der Waals surface area contributed by atoms with Crippen molar-refractivity contribution in [3.8, 4) is 0 Å². The van der Waals surface area contributed by atoms with E-state index in [-0.39, 0.29) is 5.91 Å². The summed E-state index contributed by atoms with van der Waals surface area (Å²) in [5.41, 5.74) is 2.64. The average Bonchev–Trinajstić information content (AvgIpc) is 3.17. The fourth-order valence-corrected chi connectivity index (χ4v) is 2.87. The molecular weight excluding hydrogens is 294 g/mol. The van der Waals surface area contributed by atoms with Gasteiger partial charge in [-0.15, -0.1) is 0 Å². The molecule has 3 heterocycles. The first-order chi connectivity index (χ1) is 11.1. The number of aromatic nitrogens is 3. The zero-order valence-electron chi connectivity index (χ0n) is 13.9. The number of nitrogens with zero attached hydrogens (tertiary/aromatic N) is 5. The molecule has 0 spiro atoms. The lowest BCUT2D eigenvalue weighted by atomic mass is 10.1. The van der Waals surface area contributed by atoms with Crippen molar-refractivity contribution in [1.29, 1.82) is 0 Å². The number of amides is 1. The number of hydrogen-bond donors (Lipinski definition) is 0. The molecule has 1 aliphatic rings. The van der Waals surface area contributed by atoms with Gasteiger partial charge in [0.15, 0.2) is 0 Å². The molecule has 124 valence electrons. The van der Waals surface area contributed by atoms with Crippen LogP contribution in [-0.4, -0.2) is 56.8 Å². The molecule has 3 rings (SSSR count). The minimum atomic E-state index is 0.0224. The summed E-state index contributed by atoms with van der Waals surface area (Å²) in [4.78, 5) is 16.7. The standard InChI is InChI=1S/C16H23N5O2/c1-4-21-6-5-15(17-21)16(22)20-9-7-19(8-10-20)11-14-12(2)18-23-13(14)3/h5-6H,4,7-11H2,1-3H3. The first-order valence-electron chi connectivity index (χ1n) is 8.05. The Kier molecular flexibility index (Phi) is 4.47. The summed E-state index contributed by atoms with van der Waals surface area (Å²) in [6, 6.07) is 1.79. The number of carbonyl (C=O) groups excluding carboxylic acids is 1. The van der Waals surface area contributed by atoms with Gasteiger partial charge in [-0.25, -0.2) is 0 Å². The average molecular weight is 317 g/mol. The summed E-state index contributed by atoms with van der Waals surface area (Å²) in [6.07, 6.45) is 1.85. The Balaban J connectivity index is 1.57. The largest absolute Gasteiger partial charge is 0.361 e. The minimum Gasteiger partial charge on any atom is -0.361 e. The van der Waals surface area contributed by atoms with Gasteiger partial charge in [0.25, 0.3) is 5.91 Å². The first-order valence-corrected chi connectivity index (χ1v) is 8.05. The maximum atomic E-state index is 12.5. The SMILES string of the molecule is CCn1ccc(C(=O)N2CCN(Cc3c(C)noc3C)CC2)n1. The molecule has 0 atom stereocenters. The Morgan fingerprint density at radius 1 is 1.26 bits per heavy atom. The van der Waals surface area contributed by atoms with Gasteiger partial charge in [-0.3, -0.25) is 14.4 Å². The van der Waals surface area contributed by atoms with Crippen molar-refractivity contribution >= 4 is 5.91 Å². The third kappa shape index (κ3) is 3.29. The second kappa shape index (κ2) is 6.54. The van der Waals surface area contributed by atoms with Gasteiger partial charge >= 0.3 is 0 Å². The lowest BCUT2D eigenvalue weighted by Gasteiger charge is -2.34. The van der Waals surface area contributed by atoms with Crippen LogP contribution in [-0.2, 0) is 13.1 Å². The van der Waals surface area contributed by atoms with E-state index >= 15 is 0 Å². The summed E-state index contributed by atoms with van der Waals surface area (Å²) >= 11 is 0. The van der Waals surface area contributed by atoms with Crippen LogP contribution in [0.2, 0.25) is 0 Å². The molecule has 0 unspecified atom stereocenters. The Hall–Kier alpha value is -2.15. The molecule has 0 aliphatic carbocycles. The molecule has 7 nitrogen and oxygen atoms in total. The Labute approximate surface area is 135 Å². The molecule has 0 bridgehead atoms. The number of carbonyl (C=O) groups is 1. The van der Waals surface area contributed by atoms with E-state index in [9.17, 15) is 4.79 Å². The van der Waals surface area contributed by atoms with Crippen LogP contribution < -0.4 is 0 Å². The topological polar surface area (TPSA) is 67.4 Å². The molecule has 1 fully saturated rings. The Morgan fingerprint density at radius 2 is 2.00 bits per heavy atom. The molecule has 23 heavy (non-hydrogen) atoms. The fourth-order valence-electron chi connectivity index (χ4n) is 2.87. The van der Waals surface area contributed by atoms with E-state index in [1.807, 2.05) is 31.9 Å². The highest BCUT2D eigenvalue weighted by atomic mass is 16.5. The van der Waals surface area contributed by atoms with Crippen LogP contribution in [0, 0.1) is 13.8 Å². The summed E-state index contributed by atoms with van der Waals surface area (Å²) < 4.78 is 6.99. The summed E-state index contributed by atoms with van der Waals surface area (Å²) in [6.45, 7) is 10.7. The zero-order valence-corrected chi connectivity index (χ0v) is 13.9. The van der Waals surface area contributed by atoms with Crippen molar-refractivity contribution in [1.82, 2.24) is 24.7 Å². The predicted octanol–water partition coefficient (Wildman–Crippen LogP) is 1.47. The molecule has 1 amide bonds. The van der Waals surface area contributed by atoms with E-state index in [4.69, 9.17) is 4.52 Å². The quantitative estimate of drug-likeness (QED) is 0.854. The van der Waals surface area contributed by atoms with Crippen molar-refractivity contribution in [3.63, 3.8) is 0 Å². The molecule has 0 saturated carbocycles. The molecular formula is C16H23N5O2. The maximum absolute atomic E-state index is 12.5. The van der Waals surface area contributed by atoms with Gasteiger partial charge in [0.05, 0.1) is 5.69 Å². The van der Waals surface area contributed by atoms with Gasteiger partial charge in [0.2, 0.25) is 0 Å². The third-order valence-electron chi connectivity index (χ3n) is 4.41. The van der Waals surface area contributed by atoms with Crippen LogP contribution in [0.4, 0.5) is 0 Å². The monoisotopic (exact) mass is 317 g/mol. The molecule has 1 saturated heterocycles. The molecule has 0 aromatic carbocycles. The van der Waals surface area contributed by atoms with Crippen molar-refractivity contribution in [2.75, 3.05) is 26.2 Å². The van der Waals surface area contributed by atoms with Gasteiger partial charge in [-0.05, 0) is 26.8 Å². The molecule has 2 aromatic heterocycles. The molecule has 0 radical (unpaired) electrons. The molecule has 2 aromatic rings. The number of rotatable bonds is 4. The maximum Gasteiger partial charge on any atom is 0.274 e. The highest BCUT2D eigenvalue weighted by molar-refractivity contribution is 5.92. The third-order valence-corrected chi connectivity index (χ3v) is 4.41. The van der Waals surface area contributed by atoms with E-state index in [0.717, 1.165) is 56.3 Å². The van der Waals surface area contributed by atoms with E-state index < -0.39 is 0 Å². The predicted molar refractivity (Wildman–Crippen MR) is 85.1 cm³/mol. The van der Waals surface area contributed by atoms with E-state index in [1.54, 1.807) is 10.7 Å². The van der Waals surface area contributed by atoms with Crippen LogP contribution in [0.5, 0.6) is 0 Å². The van der Waals surface area contributed by atoms with Gasteiger partial charge in [-0.1, -0.05) is 5.16 Å². The van der Waals surface area contributed by atoms with E-state index in [1.165, 1.54) is 0 Å². The zero-order chi connectivity index (χ0) is 16.4. The van der Waals surface area contributed by atoms with E-state index in [2.05, 4.69) is 15.2 Å². The van der Waals surface area contributed by atoms with Crippen LogP contribution in [0.1, 0.15) is 34.4 Å². The van der Waals surface area contributed by atoms with Crippen LogP contribution in [0.15, 0.2) is 16.8 Å². The van der Waals surface area contributed by atoms with E-state index in [0.29, 0.717) is 5.69 Å². The van der Waals surface area contributed by atoms with Crippen molar-refractivity contribution in [2.45, 2.75) is 33.9 Å². The minimum absolute atomic E-state index is 0.0224.